The van der Waals surface area contributed by atoms with Crippen molar-refractivity contribution >= 4 is 11.6 Å². The Kier molecular flexibility index (Phi) is 4.69. The number of aryl methyl sites for hydroxylation is 2. The highest BCUT2D eigenvalue weighted by Crippen LogP contribution is 2.36. The molecule has 0 saturated carbocycles. The zero-order valence-electron chi connectivity index (χ0n) is 14.2. The van der Waals surface area contributed by atoms with Gasteiger partial charge in [-0.1, -0.05) is 36.4 Å². The first kappa shape index (κ1) is 16.7. The molecule has 2 aromatic carbocycles. The molecule has 24 heavy (non-hydrogen) atoms. The second-order valence-corrected chi connectivity index (χ2v) is 6.55. The number of aliphatic hydroxyl groups excluding tert-OH is 1. The second kappa shape index (κ2) is 6.75. The molecule has 1 aliphatic rings. The van der Waals surface area contributed by atoms with Gasteiger partial charge < -0.3 is 10.4 Å². The number of aliphatic hydroxyl groups is 1. The van der Waals surface area contributed by atoms with E-state index in [1.54, 1.807) is 0 Å². The summed E-state index contributed by atoms with van der Waals surface area (Å²) in [7, 11) is 0. The maximum Gasteiger partial charge on any atom is 0.238 e. The lowest BCUT2D eigenvalue weighted by Crippen LogP contribution is -2.47. The molecule has 0 saturated heterocycles. The quantitative estimate of drug-likeness (QED) is 0.792. The Bertz CT molecular complexity index is 757. The number of hydrogen-bond donors (Lipinski definition) is 3. The second-order valence-electron chi connectivity index (χ2n) is 6.55. The molecule has 4 nitrogen and oxygen atoms in total. The number of fused-ring (bicyclic) bond motifs is 1. The van der Waals surface area contributed by atoms with Gasteiger partial charge in [0.15, 0.2) is 0 Å². The molecule has 1 unspecified atom stereocenters. The minimum absolute atomic E-state index is 0.0131. The van der Waals surface area contributed by atoms with E-state index in [4.69, 9.17) is 0 Å². The Balaban J connectivity index is 1.69. The van der Waals surface area contributed by atoms with Crippen molar-refractivity contribution in [2.45, 2.75) is 32.2 Å². The molecule has 0 aliphatic heterocycles. The van der Waals surface area contributed by atoms with Crippen LogP contribution >= 0.6 is 0 Å². The van der Waals surface area contributed by atoms with Crippen LogP contribution in [-0.4, -0.2) is 24.2 Å². The summed E-state index contributed by atoms with van der Waals surface area (Å²) in [6.45, 7) is 4.18. The average molecular weight is 324 g/mol. The highest BCUT2D eigenvalue weighted by atomic mass is 16.3. The minimum atomic E-state index is -0.518. The highest BCUT2D eigenvalue weighted by Gasteiger charge is 2.37. The van der Waals surface area contributed by atoms with Gasteiger partial charge in [-0.3, -0.25) is 10.1 Å². The summed E-state index contributed by atoms with van der Waals surface area (Å²) in [5.41, 5.74) is 4.90. The molecule has 1 atom stereocenters. The Morgan fingerprint density at radius 2 is 1.96 bits per heavy atom. The Morgan fingerprint density at radius 3 is 2.75 bits per heavy atom. The van der Waals surface area contributed by atoms with Crippen LogP contribution in [0.2, 0.25) is 0 Å². The fourth-order valence-corrected chi connectivity index (χ4v) is 3.42. The predicted molar refractivity (Wildman–Crippen MR) is 96.1 cm³/mol. The maximum atomic E-state index is 12.3. The van der Waals surface area contributed by atoms with E-state index in [-0.39, 0.29) is 19.1 Å². The summed E-state index contributed by atoms with van der Waals surface area (Å²) in [6.07, 6.45) is 1.72. The standard InChI is InChI=1S/C20H24N2O2/c1-14-6-5-9-18(15(14)2)22-19(24)12-21-20(13-23)11-10-16-7-3-4-8-17(16)20/h3-9,21,23H,10-13H2,1-2H3,(H,22,24). The Morgan fingerprint density at radius 1 is 1.17 bits per heavy atom. The lowest BCUT2D eigenvalue weighted by atomic mass is 9.92. The SMILES string of the molecule is Cc1cccc(NC(=O)CNC2(CO)CCc3ccccc32)c1C. The van der Waals surface area contributed by atoms with E-state index in [1.807, 2.05) is 50.2 Å². The number of carbonyl (C=O) groups is 1. The Hall–Kier alpha value is -2.17. The van der Waals surface area contributed by atoms with E-state index in [0.717, 1.165) is 35.2 Å². The van der Waals surface area contributed by atoms with Crippen molar-refractivity contribution in [3.63, 3.8) is 0 Å². The molecule has 0 fully saturated rings. The van der Waals surface area contributed by atoms with Crippen molar-refractivity contribution in [3.8, 4) is 0 Å². The topological polar surface area (TPSA) is 61.4 Å². The van der Waals surface area contributed by atoms with Crippen molar-refractivity contribution in [1.29, 1.82) is 0 Å². The third kappa shape index (κ3) is 3.07. The summed E-state index contributed by atoms with van der Waals surface area (Å²) >= 11 is 0. The molecule has 0 radical (unpaired) electrons. The molecule has 1 aliphatic carbocycles. The van der Waals surface area contributed by atoms with Crippen LogP contribution in [0.15, 0.2) is 42.5 Å². The third-order valence-electron chi connectivity index (χ3n) is 5.09. The smallest absolute Gasteiger partial charge is 0.238 e. The van der Waals surface area contributed by atoms with E-state index in [1.165, 1.54) is 5.56 Å². The molecule has 3 N–H and O–H groups in total. The van der Waals surface area contributed by atoms with E-state index in [2.05, 4.69) is 16.7 Å². The van der Waals surface area contributed by atoms with Crippen LogP contribution in [0.5, 0.6) is 0 Å². The maximum absolute atomic E-state index is 12.3. The van der Waals surface area contributed by atoms with Gasteiger partial charge in [0.2, 0.25) is 5.91 Å². The largest absolute Gasteiger partial charge is 0.394 e. The van der Waals surface area contributed by atoms with Crippen LogP contribution in [0.25, 0.3) is 0 Å². The van der Waals surface area contributed by atoms with Gasteiger partial charge >= 0.3 is 0 Å². The molecule has 0 heterocycles. The lowest BCUT2D eigenvalue weighted by molar-refractivity contribution is -0.115. The van der Waals surface area contributed by atoms with Gasteiger partial charge in [0, 0.05) is 5.69 Å². The van der Waals surface area contributed by atoms with Crippen molar-refractivity contribution in [2.75, 3.05) is 18.5 Å². The summed E-state index contributed by atoms with van der Waals surface area (Å²) in [5, 5.41) is 16.2. The normalized spacial score (nSPS) is 19.1. The van der Waals surface area contributed by atoms with Crippen LogP contribution in [0.4, 0.5) is 5.69 Å². The van der Waals surface area contributed by atoms with Crippen molar-refractivity contribution in [2.24, 2.45) is 0 Å². The average Bonchev–Trinajstić information content (AvgIpc) is 2.97. The van der Waals surface area contributed by atoms with Crippen LogP contribution in [0, 0.1) is 13.8 Å². The zero-order valence-corrected chi connectivity index (χ0v) is 14.2. The van der Waals surface area contributed by atoms with Crippen LogP contribution < -0.4 is 10.6 Å². The zero-order chi connectivity index (χ0) is 17.2. The van der Waals surface area contributed by atoms with Crippen LogP contribution in [0.3, 0.4) is 0 Å². The molecule has 2 aromatic rings. The van der Waals surface area contributed by atoms with E-state index < -0.39 is 5.54 Å². The van der Waals surface area contributed by atoms with Crippen molar-refractivity contribution in [3.05, 3.63) is 64.7 Å². The lowest BCUT2D eigenvalue weighted by Gasteiger charge is -2.29. The first-order chi connectivity index (χ1) is 11.6. The van der Waals surface area contributed by atoms with Gasteiger partial charge in [-0.2, -0.15) is 0 Å². The molecule has 0 aromatic heterocycles. The van der Waals surface area contributed by atoms with E-state index >= 15 is 0 Å². The number of benzene rings is 2. The monoisotopic (exact) mass is 324 g/mol. The van der Waals surface area contributed by atoms with Gasteiger partial charge in [-0.25, -0.2) is 0 Å². The van der Waals surface area contributed by atoms with E-state index in [0.29, 0.717) is 0 Å². The summed E-state index contributed by atoms with van der Waals surface area (Å²) in [6, 6.07) is 14.0. The fourth-order valence-electron chi connectivity index (χ4n) is 3.42. The Labute approximate surface area is 142 Å². The predicted octanol–water partition coefficient (Wildman–Crippen LogP) is 2.67. The van der Waals surface area contributed by atoms with E-state index in [9.17, 15) is 9.90 Å². The van der Waals surface area contributed by atoms with Crippen molar-refractivity contribution < 1.29 is 9.90 Å². The van der Waals surface area contributed by atoms with Gasteiger partial charge in [0.25, 0.3) is 0 Å². The first-order valence-electron chi connectivity index (χ1n) is 8.36. The third-order valence-corrected chi connectivity index (χ3v) is 5.09. The molecular formula is C20H24N2O2. The summed E-state index contributed by atoms with van der Waals surface area (Å²) in [5.74, 6) is -0.0964. The highest BCUT2D eigenvalue weighted by molar-refractivity contribution is 5.93. The molecule has 126 valence electrons. The van der Waals surface area contributed by atoms with Crippen LogP contribution in [-0.2, 0) is 16.8 Å². The number of anilines is 1. The first-order valence-corrected chi connectivity index (χ1v) is 8.36. The van der Waals surface area contributed by atoms with Crippen molar-refractivity contribution in [1.82, 2.24) is 5.32 Å². The molecule has 1 amide bonds. The van der Waals surface area contributed by atoms with Gasteiger partial charge in [-0.05, 0) is 55.0 Å². The molecule has 3 rings (SSSR count). The van der Waals surface area contributed by atoms with Gasteiger partial charge in [0.05, 0.1) is 18.7 Å². The van der Waals surface area contributed by atoms with Gasteiger partial charge in [-0.15, -0.1) is 0 Å². The molecule has 0 spiro atoms. The number of amides is 1. The number of rotatable bonds is 5. The van der Waals surface area contributed by atoms with Crippen LogP contribution in [0.1, 0.15) is 28.7 Å². The number of hydrogen-bond acceptors (Lipinski definition) is 3. The number of nitrogens with one attached hydrogen (secondary N) is 2. The van der Waals surface area contributed by atoms with Gasteiger partial charge in [0.1, 0.15) is 0 Å². The molecule has 4 heteroatoms. The molecule has 0 bridgehead atoms. The minimum Gasteiger partial charge on any atom is -0.394 e. The molecular weight excluding hydrogens is 300 g/mol. The fraction of sp³-hybridized carbons (Fsp3) is 0.350. The summed E-state index contributed by atoms with van der Waals surface area (Å²) < 4.78 is 0. The summed E-state index contributed by atoms with van der Waals surface area (Å²) in [4.78, 5) is 12.3. The number of carbonyl (C=O) groups excluding carboxylic acids is 1.